The van der Waals surface area contributed by atoms with Crippen LogP contribution in [0.25, 0.3) is 0 Å². The van der Waals surface area contributed by atoms with E-state index in [0.29, 0.717) is 11.3 Å². The molecule has 4 nitrogen and oxygen atoms in total. The van der Waals surface area contributed by atoms with Gasteiger partial charge >= 0.3 is 5.97 Å². The maximum absolute atomic E-state index is 11.8. The highest BCUT2D eigenvalue weighted by atomic mass is 32.1. The Balaban J connectivity index is 2.64. The summed E-state index contributed by atoms with van der Waals surface area (Å²) in [5.74, 6) is -1.26. The number of aliphatic carboxylic acids is 1. The lowest BCUT2D eigenvalue weighted by molar-refractivity contribution is -0.139. The molecule has 1 aromatic heterocycles. The Labute approximate surface area is 105 Å². The van der Waals surface area contributed by atoms with E-state index in [1.807, 2.05) is 25.3 Å². The Morgan fingerprint density at radius 3 is 2.71 bits per heavy atom. The minimum Gasteiger partial charge on any atom is -0.480 e. The van der Waals surface area contributed by atoms with E-state index in [2.05, 4.69) is 5.32 Å². The fourth-order valence-electron chi connectivity index (χ4n) is 1.49. The van der Waals surface area contributed by atoms with Crippen LogP contribution in [0.3, 0.4) is 0 Å². The zero-order valence-corrected chi connectivity index (χ0v) is 10.8. The molecule has 1 aromatic rings. The summed E-state index contributed by atoms with van der Waals surface area (Å²) >= 11 is 1.33. The lowest BCUT2D eigenvalue weighted by Crippen LogP contribution is -2.40. The van der Waals surface area contributed by atoms with Crippen LogP contribution in [0.15, 0.2) is 11.4 Å². The number of unbranched alkanes of at least 4 members (excludes halogenated alkanes) is 1. The van der Waals surface area contributed by atoms with Crippen molar-refractivity contribution < 1.29 is 14.7 Å². The Bertz CT molecular complexity index is 400. The average molecular weight is 255 g/mol. The first-order chi connectivity index (χ1) is 8.06. The topological polar surface area (TPSA) is 66.4 Å². The Morgan fingerprint density at radius 2 is 2.24 bits per heavy atom. The first-order valence-corrected chi connectivity index (χ1v) is 6.52. The number of carboxylic acid groups (broad SMARTS) is 1. The molecular weight excluding hydrogens is 238 g/mol. The lowest BCUT2D eigenvalue weighted by Gasteiger charge is -2.13. The van der Waals surface area contributed by atoms with Crippen LogP contribution in [0.4, 0.5) is 0 Å². The van der Waals surface area contributed by atoms with Crippen molar-refractivity contribution in [2.75, 3.05) is 0 Å². The van der Waals surface area contributed by atoms with E-state index in [4.69, 9.17) is 5.11 Å². The summed E-state index contributed by atoms with van der Waals surface area (Å²) in [7, 11) is 0. The van der Waals surface area contributed by atoms with Crippen molar-refractivity contribution in [3.05, 3.63) is 21.9 Å². The van der Waals surface area contributed by atoms with Gasteiger partial charge in [-0.2, -0.15) is 0 Å². The van der Waals surface area contributed by atoms with Crippen LogP contribution in [0.2, 0.25) is 0 Å². The number of carbonyl (C=O) groups excluding carboxylic acids is 1. The van der Waals surface area contributed by atoms with Crippen molar-refractivity contribution in [2.45, 2.75) is 39.2 Å². The molecule has 0 spiro atoms. The van der Waals surface area contributed by atoms with Crippen molar-refractivity contribution in [3.8, 4) is 0 Å². The molecule has 1 rings (SSSR count). The maximum atomic E-state index is 11.8. The highest BCUT2D eigenvalue weighted by Crippen LogP contribution is 2.15. The van der Waals surface area contributed by atoms with Crippen LogP contribution < -0.4 is 5.32 Å². The number of hydrogen-bond donors (Lipinski definition) is 2. The number of aryl methyl sites for hydroxylation is 1. The molecule has 0 fully saturated rings. The Morgan fingerprint density at radius 1 is 1.53 bits per heavy atom. The van der Waals surface area contributed by atoms with Gasteiger partial charge in [0.25, 0.3) is 5.91 Å². The third-order valence-corrected chi connectivity index (χ3v) is 3.53. The molecule has 1 atom stereocenters. The molecule has 1 amide bonds. The minimum absolute atomic E-state index is 0.291. The van der Waals surface area contributed by atoms with Crippen LogP contribution in [-0.2, 0) is 4.79 Å². The third-order valence-electron chi connectivity index (χ3n) is 2.52. The summed E-state index contributed by atoms with van der Waals surface area (Å²) in [5.41, 5.74) is 0.882. The second kappa shape index (κ2) is 6.39. The van der Waals surface area contributed by atoms with Crippen molar-refractivity contribution >= 4 is 23.2 Å². The number of hydrogen-bond acceptors (Lipinski definition) is 3. The van der Waals surface area contributed by atoms with E-state index in [9.17, 15) is 9.59 Å². The first kappa shape index (κ1) is 13.7. The third kappa shape index (κ3) is 3.85. The standard InChI is InChI=1S/C12H17NO3S/c1-3-4-5-9(12(15)16)13-11(14)10-8(2)6-7-17-10/h6-7,9H,3-5H2,1-2H3,(H,13,14)(H,15,16)/t9-/m0/s1. The van der Waals surface area contributed by atoms with Gasteiger partial charge in [-0.05, 0) is 30.4 Å². The van der Waals surface area contributed by atoms with Crippen molar-refractivity contribution in [2.24, 2.45) is 0 Å². The van der Waals surface area contributed by atoms with Gasteiger partial charge in [0.05, 0.1) is 4.88 Å². The van der Waals surface area contributed by atoms with Crippen molar-refractivity contribution in [1.29, 1.82) is 0 Å². The molecule has 1 heterocycles. The number of rotatable bonds is 6. The molecule has 0 aliphatic heterocycles. The summed E-state index contributed by atoms with van der Waals surface area (Å²) in [6.45, 7) is 3.83. The summed E-state index contributed by atoms with van der Waals surface area (Å²) in [4.78, 5) is 23.4. The highest BCUT2D eigenvalue weighted by Gasteiger charge is 2.21. The zero-order chi connectivity index (χ0) is 12.8. The first-order valence-electron chi connectivity index (χ1n) is 5.64. The molecule has 0 saturated heterocycles. The minimum atomic E-state index is -0.971. The fourth-order valence-corrected chi connectivity index (χ4v) is 2.32. The van der Waals surface area contributed by atoms with Crippen LogP contribution in [-0.4, -0.2) is 23.0 Å². The fraction of sp³-hybridized carbons (Fsp3) is 0.500. The van der Waals surface area contributed by atoms with Crippen molar-refractivity contribution in [1.82, 2.24) is 5.32 Å². The largest absolute Gasteiger partial charge is 0.480 e. The SMILES string of the molecule is CCCC[C@H](NC(=O)c1sccc1C)C(=O)O. The van der Waals surface area contributed by atoms with E-state index >= 15 is 0 Å². The second-order valence-corrected chi connectivity index (χ2v) is 4.86. The molecule has 5 heteroatoms. The maximum Gasteiger partial charge on any atom is 0.326 e. The number of carboxylic acids is 1. The number of carbonyl (C=O) groups is 2. The van der Waals surface area contributed by atoms with Crippen molar-refractivity contribution in [3.63, 3.8) is 0 Å². The number of nitrogens with one attached hydrogen (secondary N) is 1. The summed E-state index contributed by atoms with van der Waals surface area (Å²) in [5, 5.41) is 13.4. The highest BCUT2D eigenvalue weighted by molar-refractivity contribution is 7.12. The number of thiophene rings is 1. The van der Waals surface area contributed by atoms with Crippen LogP contribution in [0.1, 0.15) is 41.4 Å². The van der Waals surface area contributed by atoms with Gasteiger partial charge in [-0.1, -0.05) is 19.8 Å². The Kier molecular flexibility index (Phi) is 5.15. The van der Waals surface area contributed by atoms with Gasteiger partial charge in [-0.3, -0.25) is 4.79 Å². The predicted molar refractivity (Wildman–Crippen MR) is 67.5 cm³/mol. The van der Waals surface area contributed by atoms with Gasteiger partial charge in [0.15, 0.2) is 0 Å². The quantitative estimate of drug-likeness (QED) is 0.820. The summed E-state index contributed by atoms with van der Waals surface area (Å²) < 4.78 is 0. The molecule has 0 aliphatic carbocycles. The van der Waals surface area contributed by atoms with Gasteiger partial charge in [0.2, 0.25) is 0 Å². The molecule has 0 aromatic carbocycles. The van der Waals surface area contributed by atoms with Crippen LogP contribution in [0, 0.1) is 6.92 Å². The van der Waals surface area contributed by atoms with Gasteiger partial charge in [0, 0.05) is 0 Å². The molecular formula is C12H17NO3S. The predicted octanol–water partition coefficient (Wildman–Crippen LogP) is 2.43. The summed E-state index contributed by atoms with van der Waals surface area (Å²) in [6, 6.07) is 1.06. The van der Waals surface area contributed by atoms with E-state index in [-0.39, 0.29) is 5.91 Å². The lowest BCUT2D eigenvalue weighted by atomic mass is 10.1. The Hall–Kier alpha value is -1.36. The molecule has 0 unspecified atom stereocenters. The van der Waals surface area contributed by atoms with Gasteiger partial charge < -0.3 is 10.4 Å². The van der Waals surface area contributed by atoms with Gasteiger partial charge in [-0.25, -0.2) is 4.79 Å². The van der Waals surface area contributed by atoms with Gasteiger partial charge in [-0.15, -0.1) is 11.3 Å². The smallest absolute Gasteiger partial charge is 0.326 e. The van der Waals surface area contributed by atoms with E-state index in [1.54, 1.807) is 0 Å². The average Bonchev–Trinajstić information content (AvgIpc) is 2.70. The number of amides is 1. The monoisotopic (exact) mass is 255 g/mol. The molecule has 0 radical (unpaired) electrons. The molecule has 17 heavy (non-hydrogen) atoms. The second-order valence-electron chi connectivity index (χ2n) is 3.94. The molecule has 94 valence electrons. The molecule has 0 bridgehead atoms. The van der Waals surface area contributed by atoms with Crippen LogP contribution in [0.5, 0.6) is 0 Å². The van der Waals surface area contributed by atoms with E-state index < -0.39 is 12.0 Å². The van der Waals surface area contributed by atoms with Crippen LogP contribution >= 0.6 is 11.3 Å². The van der Waals surface area contributed by atoms with E-state index in [0.717, 1.165) is 18.4 Å². The normalized spacial score (nSPS) is 12.1. The molecule has 0 aliphatic rings. The van der Waals surface area contributed by atoms with Gasteiger partial charge in [0.1, 0.15) is 6.04 Å². The molecule has 2 N–H and O–H groups in total. The van der Waals surface area contributed by atoms with E-state index in [1.165, 1.54) is 11.3 Å². The summed E-state index contributed by atoms with van der Waals surface area (Å²) in [6.07, 6.45) is 2.18. The molecule has 0 saturated carbocycles. The zero-order valence-electron chi connectivity index (χ0n) is 10.0.